The minimum absolute atomic E-state index is 0.0688. The Labute approximate surface area is 147 Å². The number of hydrogen-bond acceptors (Lipinski definition) is 6. The first-order chi connectivity index (χ1) is 11.5. The van der Waals surface area contributed by atoms with E-state index < -0.39 is 0 Å². The van der Waals surface area contributed by atoms with Crippen molar-refractivity contribution in [1.82, 2.24) is 14.5 Å². The summed E-state index contributed by atoms with van der Waals surface area (Å²) in [5.41, 5.74) is 1.24. The van der Waals surface area contributed by atoms with Crippen LogP contribution in [0.25, 0.3) is 10.2 Å². The molecular weight excluding hydrogens is 340 g/mol. The van der Waals surface area contributed by atoms with Crippen LogP contribution in [0.4, 0.5) is 0 Å². The van der Waals surface area contributed by atoms with E-state index in [1.54, 1.807) is 28.8 Å². The molecule has 0 aliphatic heterocycles. The lowest BCUT2D eigenvalue weighted by Crippen LogP contribution is -2.22. The molecule has 0 unspecified atom stereocenters. The van der Waals surface area contributed by atoms with E-state index >= 15 is 0 Å². The zero-order valence-electron chi connectivity index (χ0n) is 13.2. The third-order valence-corrected chi connectivity index (χ3v) is 5.63. The number of hydrogen-bond donors (Lipinski definition) is 0. The first-order valence-corrected chi connectivity index (χ1v) is 8.85. The molecule has 0 aliphatic rings. The Morgan fingerprint density at radius 2 is 2.21 bits per heavy atom. The molecule has 0 aliphatic carbocycles. The second-order valence-electron chi connectivity index (χ2n) is 5.14. The summed E-state index contributed by atoms with van der Waals surface area (Å²) >= 11 is 2.79. The molecule has 3 rings (SSSR count). The molecule has 3 aromatic rings. The van der Waals surface area contributed by atoms with Gasteiger partial charge in [0.25, 0.3) is 5.56 Å². The van der Waals surface area contributed by atoms with Gasteiger partial charge in [0.2, 0.25) is 0 Å². The van der Waals surface area contributed by atoms with E-state index in [1.165, 1.54) is 23.1 Å². The Balaban J connectivity index is 2.19. The first-order valence-electron chi connectivity index (χ1n) is 7.21. The maximum atomic E-state index is 12.9. The lowest BCUT2D eigenvalue weighted by Gasteiger charge is -2.09. The Morgan fingerprint density at radius 3 is 2.92 bits per heavy atom. The van der Waals surface area contributed by atoms with E-state index in [2.05, 4.69) is 16.5 Å². The Morgan fingerprint density at radius 1 is 1.42 bits per heavy atom. The summed E-state index contributed by atoms with van der Waals surface area (Å²) in [4.78, 5) is 23.6. The average molecular weight is 354 g/mol. The van der Waals surface area contributed by atoms with Gasteiger partial charge >= 0.3 is 0 Å². The van der Waals surface area contributed by atoms with Crippen LogP contribution in [0, 0.1) is 25.2 Å². The molecule has 5 nitrogen and oxygen atoms in total. The molecule has 0 radical (unpaired) electrons. The Hall–Kier alpha value is -2.43. The minimum Gasteiger partial charge on any atom is -0.283 e. The molecule has 0 aromatic carbocycles. The van der Waals surface area contributed by atoms with Crippen LogP contribution >= 0.6 is 23.1 Å². The summed E-state index contributed by atoms with van der Waals surface area (Å²) in [6.45, 7) is 8.03. The first kappa shape index (κ1) is 16.4. The zero-order chi connectivity index (χ0) is 17.3. The van der Waals surface area contributed by atoms with E-state index in [9.17, 15) is 4.79 Å². The number of aromatic nitrogens is 3. The zero-order valence-corrected chi connectivity index (χ0v) is 14.9. The van der Waals surface area contributed by atoms with Crippen molar-refractivity contribution in [2.75, 3.05) is 0 Å². The van der Waals surface area contributed by atoms with Gasteiger partial charge in [-0.15, -0.1) is 17.9 Å². The van der Waals surface area contributed by atoms with Gasteiger partial charge in [-0.05, 0) is 43.3 Å². The lowest BCUT2D eigenvalue weighted by atomic mass is 10.2. The maximum absolute atomic E-state index is 12.9. The van der Waals surface area contributed by atoms with Crippen LogP contribution in [0.1, 0.15) is 16.1 Å². The van der Waals surface area contributed by atoms with Crippen molar-refractivity contribution in [3.63, 3.8) is 0 Å². The summed E-state index contributed by atoms with van der Waals surface area (Å²) in [6, 6.07) is 7.22. The van der Waals surface area contributed by atoms with Crippen molar-refractivity contribution in [1.29, 1.82) is 5.26 Å². The van der Waals surface area contributed by atoms with Gasteiger partial charge in [0.15, 0.2) is 5.16 Å². The van der Waals surface area contributed by atoms with Gasteiger partial charge in [0.05, 0.1) is 5.39 Å². The number of pyridine rings is 1. The van der Waals surface area contributed by atoms with Gasteiger partial charge in [-0.25, -0.2) is 9.97 Å². The van der Waals surface area contributed by atoms with Gasteiger partial charge in [0.1, 0.15) is 21.6 Å². The molecule has 120 valence electrons. The van der Waals surface area contributed by atoms with Crippen molar-refractivity contribution in [2.45, 2.75) is 30.6 Å². The smallest absolute Gasteiger partial charge is 0.263 e. The molecular formula is C17H14N4OS2. The minimum atomic E-state index is -0.0688. The van der Waals surface area contributed by atoms with Crippen molar-refractivity contribution < 1.29 is 0 Å². The normalized spacial score (nSPS) is 10.7. The second-order valence-corrected chi connectivity index (χ2v) is 7.33. The van der Waals surface area contributed by atoms with Crippen molar-refractivity contribution in [3.8, 4) is 6.07 Å². The van der Waals surface area contributed by atoms with E-state index in [-0.39, 0.29) is 5.56 Å². The molecule has 0 N–H and O–H groups in total. The van der Waals surface area contributed by atoms with Crippen LogP contribution in [0.3, 0.4) is 0 Å². The molecule has 0 amide bonds. The molecule has 0 saturated heterocycles. The van der Waals surface area contributed by atoms with E-state index in [0.717, 1.165) is 15.3 Å². The second kappa shape index (κ2) is 6.59. The molecule has 0 spiro atoms. The molecule has 3 aromatic heterocycles. The van der Waals surface area contributed by atoms with Crippen molar-refractivity contribution in [3.05, 3.63) is 57.3 Å². The van der Waals surface area contributed by atoms with Crippen LogP contribution < -0.4 is 5.56 Å². The summed E-state index contributed by atoms with van der Waals surface area (Å²) in [6.07, 6.45) is 1.67. The van der Waals surface area contributed by atoms with Gasteiger partial charge in [0, 0.05) is 11.4 Å². The molecule has 0 atom stereocenters. The molecule has 7 heteroatoms. The van der Waals surface area contributed by atoms with Gasteiger partial charge < -0.3 is 0 Å². The molecule has 3 heterocycles. The van der Waals surface area contributed by atoms with E-state index in [1.807, 2.05) is 19.9 Å². The highest BCUT2D eigenvalue weighted by atomic mass is 32.2. The number of fused-ring (bicyclic) bond motifs is 1. The number of thiophene rings is 1. The van der Waals surface area contributed by atoms with Gasteiger partial charge in [-0.2, -0.15) is 5.26 Å². The predicted molar refractivity (Wildman–Crippen MR) is 96.6 cm³/mol. The fraction of sp³-hybridized carbons (Fsp3) is 0.176. The molecule has 24 heavy (non-hydrogen) atoms. The number of allylic oxidation sites excluding steroid dienone is 1. The summed E-state index contributed by atoms with van der Waals surface area (Å²) in [5.74, 6) is 0. The fourth-order valence-electron chi connectivity index (χ4n) is 2.30. The van der Waals surface area contributed by atoms with Crippen molar-refractivity contribution >= 4 is 33.3 Å². The monoisotopic (exact) mass is 354 g/mol. The molecule has 0 fully saturated rings. The van der Waals surface area contributed by atoms with Crippen LogP contribution in [-0.4, -0.2) is 14.5 Å². The summed E-state index contributed by atoms with van der Waals surface area (Å²) in [5, 5.41) is 10.8. The van der Waals surface area contributed by atoms with Crippen molar-refractivity contribution in [2.24, 2.45) is 0 Å². The highest BCUT2D eigenvalue weighted by molar-refractivity contribution is 7.99. The lowest BCUT2D eigenvalue weighted by molar-refractivity contribution is 0.672. The average Bonchev–Trinajstić information content (AvgIpc) is 2.86. The number of nitriles is 1. The summed E-state index contributed by atoms with van der Waals surface area (Å²) in [7, 11) is 0. The maximum Gasteiger partial charge on any atom is 0.263 e. The van der Waals surface area contributed by atoms with Gasteiger partial charge in [-0.3, -0.25) is 9.36 Å². The van der Waals surface area contributed by atoms with Crippen LogP contribution in [-0.2, 0) is 6.54 Å². The number of aryl methyl sites for hydroxylation is 2. The van der Waals surface area contributed by atoms with Crippen LogP contribution in [0.15, 0.2) is 45.8 Å². The third kappa shape index (κ3) is 2.86. The number of rotatable bonds is 4. The van der Waals surface area contributed by atoms with Gasteiger partial charge in [-0.1, -0.05) is 12.1 Å². The summed E-state index contributed by atoms with van der Waals surface area (Å²) < 4.78 is 1.60. The number of nitrogens with zero attached hydrogens (tertiary/aromatic N) is 4. The third-order valence-electron chi connectivity index (χ3n) is 3.60. The highest BCUT2D eigenvalue weighted by Crippen LogP contribution is 2.30. The SMILES string of the molecule is C=CCn1c(Sc2cccc(C#N)n2)nc2sc(C)c(C)c2c1=O. The predicted octanol–water partition coefficient (Wildman–Crippen LogP) is 3.68. The van der Waals surface area contributed by atoms with E-state index in [4.69, 9.17) is 5.26 Å². The Kier molecular flexibility index (Phi) is 4.51. The molecule has 0 saturated carbocycles. The Bertz CT molecular complexity index is 1040. The largest absolute Gasteiger partial charge is 0.283 e. The molecule has 0 bridgehead atoms. The fourth-order valence-corrected chi connectivity index (χ4v) is 4.26. The topological polar surface area (TPSA) is 71.6 Å². The van der Waals surface area contributed by atoms with Crippen LogP contribution in [0.2, 0.25) is 0 Å². The quantitative estimate of drug-likeness (QED) is 0.528. The van der Waals surface area contributed by atoms with Crippen LogP contribution in [0.5, 0.6) is 0 Å². The highest BCUT2D eigenvalue weighted by Gasteiger charge is 2.17. The van der Waals surface area contributed by atoms with E-state index in [0.29, 0.717) is 27.8 Å². The standard InChI is InChI=1S/C17H14N4OS2/c1-4-8-21-16(22)14-10(2)11(3)23-15(14)20-17(21)24-13-7-5-6-12(9-18)19-13/h4-7H,1,8H2,2-3H3.